The molecule has 1 aromatic heterocycles. The van der Waals surface area contributed by atoms with E-state index in [1.54, 1.807) is 6.07 Å². The average molecular weight is 494 g/mol. The van der Waals surface area contributed by atoms with E-state index in [1.165, 1.54) is 12.1 Å². The number of amides is 2. The summed E-state index contributed by atoms with van der Waals surface area (Å²) in [6, 6.07) is 11.2. The number of hydrogen-bond donors (Lipinski definition) is 3. The van der Waals surface area contributed by atoms with Crippen LogP contribution >= 0.6 is 23.2 Å². The molecule has 1 aliphatic heterocycles. The minimum absolute atomic E-state index is 0.0176. The number of benzene rings is 2. The topological polar surface area (TPSA) is 92.5 Å². The third-order valence-electron chi connectivity index (χ3n) is 5.29. The third-order valence-corrected chi connectivity index (χ3v) is 5.83. The number of H-pyrrole nitrogens is 1. The third kappa shape index (κ3) is 6.16. The van der Waals surface area contributed by atoms with Crippen molar-refractivity contribution in [1.82, 2.24) is 15.6 Å². The molecule has 3 aromatic rings. The molecule has 2 amide bonds. The molecule has 10 heteroatoms. The van der Waals surface area contributed by atoms with Crippen molar-refractivity contribution in [2.45, 2.75) is 31.5 Å². The second-order valence-electron chi connectivity index (χ2n) is 7.77. The van der Waals surface area contributed by atoms with E-state index in [-0.39, 0.29) is 41.8 Å². The van der Waals surface area contributed by atoms with Crippen LogP contribution in [0, 0.1) is 5.82 Å². The van der Waals surface area contributed by atoms with Gasteiger partial charge in [-0.05, 0) is 49.2 Å². The van der Waals surface area contributed by atoms with Gasteiger partial charge in [-0.15, -0.1) is 0 Å². The zero-order valence-corrected chi connectivity index (χ0v) is 19.0. The number of ether oxygens (including phenoxy) is 2. The van der Waals surface area contributed by atoms with Gasteiger partial charge in [0.1, 0.15) is 17.7 Å². The molecule has 1 fully saturated rings. The number of aromatic amines is 1. The Labute approximate surface area is 199 Å². The van der Waals surface area contributed by atoms with Gasteiger partial charge in [0.05, 0.1) is 24.2 Å². The molecular weight excluding hydrogens is 472 g/mol. The summed E-state index contributed by atoms with van der Waals surface area (Å²) in [4.78, 5) is 27.8. The molecule has 0 saturated carbocycles. The summed E-state index contributed by atoms with van der Waals surface area (Å²) < 4.78 is 24.4. The Morgan fingerprint density at radius 3 is 2.76 bits per heavy atom. The number of nitrogens with one attached hydrogen (secondary N) is 3. The van der Waals surface area contributed by atoms with Crippen molar-refractivity contribution in [3.05, 3.63) is 64.0 Å². The smallest absolute Gasteiger partial charge is 0.258 e. The Bertz CT molecular complexity index is 1160. The summed E-state index contributed by atoms with van der Waals surface area (Å²) in [6.07, 6.45) is 0.484. The lowest BCUT2D eigenvalue weighted by Gasteiger charge is -2.28. The first-order valence-corrected chi connectivity index (χ1v) is 11.2. The molecule has 1 aliphatic rings. The van der Waals surface area contributed by atoms with Crippen LogP contribution in [0.2, 0.25) is 10.0 Å². The second-order valence-corrected chi connectivity index (χ2v) is 8.62. The fraction of sp³-hybridized carbons (Fsp3) is 0.304. The maximum Gasteiger partial charge on any atom is 0.258 e. The van der Waals surface area contributed by atoms with Crippen LogP contribution in [0.4, 0.5) is 4.39 Å². The molecule has 174 valence electrons. The number of carbonyl (C=O) groups is 2. The van der Waals surface area contributed by atoms with Gasteiger partial charge in [0.2, 0.25) is 5.91 Å². The van der Waals surface area contributed by atoms with Crippen LogP contribution in [0.1, 0.15) is 18.5 Å². The molecule has 3 N–H and O–H groups in total. The Kier molecular flexibility index (Phi) is 7.37. The van der Waals surface area contributed by atoms with Gasteiger partial charge in [0.25, 0.3) is 5.91 Å². The summed E-state index contributed by atoms with van der Waals surface area (Å²) in [5.74, 6) is -0.972. The molecule has 2 aromatic carbocycles. The molecule has 0 spiro atoms. The fourth-order valence-electron chi connectivity index (χ4n) is 3.61. The quantitative estimate of drug-likeness (QED) is 0.464. The van der Waals surface area contributed by atoms with Crippen molar-refractivity contribution in [3.8, 4) is 5.75 Å². The van der Waals surface area contributed by atoms with E-state index in [4.69, 9.17) is 32.7 Å². The molecule has 4 rings (SSSR count). The fourth-order valence-corrected chi connectivity index (χ4v) is 3.91. The minimum Gasteiger partial charge on any atom is -0.484 e. The highest BCUT2D eigenvalue weighted by atomic mass is 35.5. The lowest BCUT2D eigenvalue weighted by molar-refractivity contribution is -0.137. The molecule has 1 saturated heterocycles. The zero-order valence-electron chi connectivity index (χ0n) is 17.5. The summed E-state index contributed by atoms with van der Waals surface area (Å²) in [6.45, 7) is 0.287. The molecule has 7 nitrogen and oxygen atoms in total. The molecular formula is C23H22Cl2FN3O4. The SMILES string of the molecule is O=C(COc1ccc(Cl)c(F)c1)N[C@@H]1CC[C@@H](C(=O)NCc2cc3cc(Cl)ccc3[nH]2)OC1. The van der Waals surface area contributed by atoms with Gasteiger partial charge in [-0.1, -0.05) is 23.2 Å². The van der Waals surface area contributed by atoms with Crippen molar-refractivity contribution in [2.24, 2.45) is 0 Å². The maximum absolute atomic E-state index is 13.4. The Morgan fingerprint density at radius 1 is 1.15 bits per heavy atom. The standard InChI is InChI=1S/C23H22Cl2FN3O4/c24-14-1-5-20-13(7-14)8-16(28-20)10-27-23(31)21-6-2-15(11-33-21)29-22(30)12-32-17-3-4-18(25)19(26)9-17/h1,3-5,7-9,15,21,28H,2,6,10-12H2,(H,27,31)(H,29,30)/t15-,21+/m1/s1. The van der Waals surface area contributed by atoms with Crippen molar-refractivity contribution in [3.63, 3.8) is 0 Å². The van der Waals surface area contributed by atoms with Gasteiger partial charge in [0.15, 0.2) is 6.61 Å². The molecule has 0 radical (unpaired) electrons. The lowest BCUT2D eigenvalue weighted by atomic mass is 10.0. The monoisotopic (exact) mass is 493 g/mol. The van der Waals surface area contributed by atoms with Crippen LogP contribution < -0.4 is 15.4 Å². The Hall–Kier alpha value is -2.81. The first-order valence-electron chi connectivity index (χ1n) is 10.4. The second kappa shape index (κ2) is 10.4. The van der Waals surface area contributed by atoms with Crippen LogP contribution in [-0.2, 0) is 20.9 Å². The predicted octanol–water partition coefficient (Wildman–Crippen LogP) is 3.97. The highest BCUT2D eigenvalue weighted by Crippen LogP contribution is 2.21. The van der Waals surface area contributed by atoms with Crippen LogP contribution in [-0.4, -0.2) is 42.2 Å². The molecule has 2 atom stereocenters. The van der Waals surface area contributed by atoms with Crippen molar-refractivity contribution >= 4 is 45.9 Å². The van der Waals surface area contributed by atoms with Gasteiger partial charge in [-0.2, -0.15) is 0 Å². The van der Waals surface area contributed by atoms with Crippen LogP contribution in [0.3, 0.4) is 0 Å². The number of fused-ring (bicyclic) bond motifs is 1. The van der Waals surface area contributed by atoms with Gasteiger partial charge >= 0.3 is 0 Å². The van der Waals surface area contributed by atoms with E-state index >= 15 is 0 Å². The maximum atomic E-state index is 13.4. The largest absolute Gasteiger partial charge is 0.484 e. The van der Waals surface area contributed by atoms with E-state index < -0.39 is 11.9 Å². The molecule has 0 bridgehead atoms. The first kappa shape index (κ1) is 23.4. The van der Waals surface area contributed by atoms with Crippen LogP contribution in [0.25, 0.3) is 10.9 Å². The zero-order chi connectivity index (χ0) is 23.4. The van der Waals surface area contributed by atoms with Gasteiger partial charge in [0, 0.05) is 27.7 Å². The predicted molar refractivity (Wildman–Crippen MR) is 123 cm³/mol. The number of carbonyl (C=O) groups excluding carboxylic acids is 2. The number of aromatic nitrogens is 1. The number of hydrogen-bond acceptors (Lipinski definition) is 4. The Balaban J connectivity index is 1.18. The number of rotatable bonds is 7. The lowest BCUT2D eigenvalue weighted by Crippen LogP contribution is -2.48. The van der Waals surface area contributed by atoms with Crippen LogP contribution in [0.5, 0.6) is 5.75 Å². The normalized spacial score (nSPS) is 18.2. The Morgan fingerprint density at radius 2 is 2.00 bits per heavy atom. The molecule has 0 unspecified atom stereocenters. The van der Waals surface area contributed by atoms with E-state index in [0.717, 1.165) is 22.7 Å². The molecule has 33 heavy (non-hydrogen) atoms. The first-order chi connectivity index (χ1) is 15.9. The molecule has 2 heterocycles. The van der Waals surface area contributed by atoms with Gasteiger partial charge < -0.3 is 25.1 Å². The summed E-state index contributed by atoms with van der Waals surface area (Å²) >= 11 is 11.6. The summed E-state index contributed by atoms with van der Waals surface area (Å²) in [5.41, 5.74) is 1.81. The highest BCUT2D eigenvalue weighted by molar-refractivity contribution is 6.31. The average Bonchev–Trinajstić information content (AvgIpc) is 3.21. The minimum atomic E-state index is -0.617. The summed E-state index contributed by atoms with van der Waals surface area (Å²) in [5, 5.41) is 7.28. The van der Waals surface area contributed by atoms with E-state index in [1.807, 2.05) is 18.2 Å². The van der Waals surface area contributed by atoms with Crippen molar-refractivity contribution in [1.29, 1.82) is 0 Å². The van der Waals surface area contributed by atoms with E-state index in [9.17, 15) is 14.0 Å². The van der Waals surface area contributed by atoms with E-state index in [0.29, 0.717) is 24.4 Å². The van der Waals surface area contributed by atoms with Crippen LogP contribution in [0.15, 0.2) is 42.5 Å². The number of halogens is 3. The van der Waals surface area contributed by atoms with Crippen molar-refractivity contribution < 1.29 is 23.5 Å². The van der Waals surface area contributed by atoms with E-state index in [2.05, 4.69) is 15.6 Å². The highest BCUT2D eigenvalue weighted by Gasteiger charge is 2.28. The van der Waals surface area contributed by atoms with Gasteiger partial charge in [-0.25, -0.2) is 4.39 Å². The van der Waals surface area contributed by atoms with Gasteiger partial charge in [-0.3, -0.25) is 9.59 Å². The van der Waals surface area contributed by atoms with Crippen molar-refractivity contribution in [2.75, 3.05) is 13.2 Å². The molecule has 0 aliphatic carbocycles. The summed E-state index contributed by atoms with van der Waals surface area (Å²) in [7, 11) is 0.